The van der Waals surface area contributed by atoms with Crippen LogP contribution >= 0.6 is 0 Å². The van der Waals surface area contributed by atoms with E-state index in [2.05, 4.69) is 43.2 Å². The molecule has 0 fully saturated rings. The van der Waals surface area contributed by atoms with Gasteiger partial charge < -0.3 is 5.32 Å². The van der Waals surface area contributed by atoms with Crippen LogP contribution in [0.15, 0.2) is 36.5 Å². The van der Waals surface area contributed by atoms with Gasteiger partial charge in [0.2, 0.25) is 0 Å². The van der Waals surface area contributed by atoms with E-state index in [9.17, 15) is 0 Å². The van der Waals surface area contributed by atoms with Gasteiger partial charge in [-0.15, -0.1) is 0 Å². The molecule has 0 aliphatic heterocycles. The third kappa shape index (κ3) is 2.06. The summed E-state index contributed by atoms with van der Waals surface area (Å²) < 4.78 is 0. The zero-order chi connectivity index (χ0) is 11.5. The lowest BCUT2D eigenvalue weighted by atomic mass is 10.1. The molecule has 1 aromatic carbocycles. The summed E-state index contributed by atoms with van der Waals surface area (Å²) in [7, 11) is 0. The Bertz CT molecular complexity index is 504. The molecule has 2 rings (SSSR count). The van der Waals surface area contributed by atoms with Gasteiger partial charge >= 0.3 is 0 Å². The van der Waals surface area contributed by atoms with E-state index in [1.165, 1.54) is 16.7 Å². The molecule has 0 unspecified atom stereocenters. The number of pyridine rings is 1. The van der Waals surface area contributed by atoms with Crippen molar-refractivity contribution in [2.45, 2.75) is 20.8 Å². The van der Waals surface area contributed by atoms with Crippen LogP contribution < -0.4 is 5.32 Å². The highest BCUT2D eigenvalue weighted by atomic mass is 15.0. The monoisotopic (exact) mass is 212 g/mol. The van der Waals surface area contributed by atoms with Crippen molar-refractivity contribution in [2.24, 2.45) is 0 Å². The van der Waals surface area contributed by atoms with E-state index in [4.69, 9.17) is 0 Å². The maximum Gasteiger partial charge on any atom is 0.133 e. The van der Waals surface area contributed by atoms with Crippen molar-refractivity contribution in [3.05, 3.63) is 53.2 Å². The molecule has 16 heavy (non-hydrogen) atoms. The van der Waals surface area contributed by atoms with Crippen LogP contribution in [-0.2, 0) is 0 Å². The third-order valence-electron chi connectivity index (χ3n) is 2.87. The Kier molecular flexibility index (Phi) is 2.91. The van der Waals surface area contributed by atoms with Gasteiger partial charge in [-0.3, -0.25) is 0 Å². The van der Waals surface area contributed by atoms with Crippen molar-refractivity contribution in [1.29, 1.82) is 0 Å². The zero-order valence-electron chi connectivity index (χ0n) is 9.91. The van der Waals surface area contributed by atoms with Gasteiger partial charge in [-0.05, 0) is 49.6 Å². The number of hydrogen-bond donors (Lipinski definition) is 1. The second-order valence-electron chi connectivity index (χ2n) is 4.04. The Morgan fingerprint density at radius 1 is 0.938 bits per heavy atom. The summed E-state index contributed by atoms with van der Waals surface area (Å²) in [5.74, 6) is 0.939. The minimum absolute atomic E-state index is 0.939. The molecule has 2 aromatic rings. The number of hydrogen-bond acceptors (Lipinski definition) is 2. The number of aromatic nitrogens is 1. The average molecular weight is 212 g/mol. The second kappa shape index (κ2) is 4.35. The summed E-state index contributed by atoms with van der Waals surface area (Å²) in [6.45, 7) is 6.27. The van der Waals surface area contributed by atoms with E-state index in [0.717, 1.165) is 11.5 Å². The summed E-state index contributed by atoms with van der Waals surface area (Å²) >= 11 is 0. The van der Waals surface area contributed by atoms with E-state index in [1.807, 2.05) is 24.4 Å². The number of para-hydroxylation sites is 1. The van der Waals surface area contributed by atoms with Crippen molar-refractivity contribution in [2.75, 3.05) is 5.32 Å². The van der Waals surface area contributed by atoms with Gasteiger partial charge in [0.05, 0.1) is 0 Å². The number of aryl methyl sites for hydroxylation is 2. The first kappa shape index (κ1) is 10.7. The largest absolute Gasteiger partial charge is 0.340 e. The minimum Gasteiger partial charge on any atom is -0.340 e. The maximum atomic E-state index is 4.36. The van der Waals surface area contributed by atoms with Gasteiger partial charge in [0.1, 0.15) is 5.82 Å². The molecule has 0 atom stereocenters. The highest BCUT2D eigenvalue weighted by Crippen LogP contribution is 2.22. The molecule has 82 valence electrons. The average Bonchev–Trinajstić information content (AvgIpc) is 2.28. The first-order valence-corrected chi connectivity index (χ1v) is 5.43. The summed E-state index contributed by atoms with van der Waals surface area (Å²) in [6, 6.07) is 10.3. The summed E-state index contributed by atoms with van der Waals surface area (Å²) in [5.41, 5.74) is 4.80. The van der Waals surface area contributed by atoms with Crippen LogP contribution in [0.4, 0.5) is 11.5 Å². The van der Waals surface area contributed by atoms with Crippen molar-refractivity contribution in [3.63, 3.8) is 0 Å². The third-order valence-corrected chi connectivity index (χ3v) is 2.87. The maximum absolute atomic E-state index is 4.36. The van der Waals surface area contributed by atoms with Crippen LogP contribution in [0.5, 0.6) is 0 Å². The molecule has 0 bridgehead atoms. The van der Waals surface area contributed by atoms with Crippen molar-refractivity contribution in [3.8, 4) is 0 Å². The Balaban J connectivity index is 2.35. The molecule has 2 heteroatoms. The zero-order valence-corrected chi connectivity index (χ0v) is 9.91. The molecular formula is C14H16N2. The molecule has 0 aliphatic rings. The van der Waals surface area contributed by atoms with Crippen molar-refractivity contribution >= 4 is 11.5 Å². The number of benzene rings is 1. The van der Waals surface area contributed by atoms with Crippen LogP contribution in [0.3, 0.4) is 0 Å². The fourth-order valence-corrected chi connectivity index (χ4v) is 1.60. The predicted molar refractivity (Wildman–Crippen MR) is 68.2 cm³/mol. The molecular weight excluding hydrogens is 196 g/mol. The highest BCUT2D eigenvalue weighted by molar-refractivity contribution is 5.63. The van der Waals surface area contributed by atoms with Crippen LogP contribution in [0.1, 0.15) is 16.7 Å². The topological polar surface area (TPSA) is 24.9 Å². The van der Waals surface area contributed by atoms with E-state index in [1.54, 1.807) is 0 Å². The Labute approximate surface area is 96.4 Å². The fraction of sp³-hybridized carbons (Fsp3) is 0.214. The first-order valence-electron chi connectivity index (χ1n) is 5.43. The first-order chi connectivity index (χ1) is 7.68. The minimum atomic E-state index is 0.939. The molecule has 2 nitrogen and oxygen atoms in total. The number of anilines is 2. The lowest BCUT2D eigenvalue weighted by molar-refractivity contribution is 1.21. The smallest absolute Gasteiger partial charge is 0.133 e. The van der Waals surface area contributed by atoms with Gasteiger partial charge in [-0.1, -0.05) is 18.2 Å². The van der Waals surface area contributed by atoms with Crippen molar-refractivity contribution in [1.82, 2.24) is 4.98 Å². The molecule has 1 N–H and O–H groups in total. The van der Waals surface area contributed by atoms with Crippen molar-refractivity contribution < 1.29 is 0 Å². The standard InChI is InChI=1S/C14H16N2/c1-10-8-9-15-14(12(10)3)16-13-7-5-4-6-11(13)2/h4-9H,1-3H3,(H,15,16). The van der Waals surface area contributed by atoms with Crippen LogP contribution in [0.2, 0.25) is 0 Å². The normalized spacial score (nSPS) is 10.2. The second-order valence-corrected chi connectivity index (χ2v) is 4.04. The molecule has 0 spiro atoms. The Hall–Kier alpha value is -1.83. The molecule has 1 aromatic heterocycles. The SMILES string of the molecule is Cc1ccccc1Nc1nccc(C)c1C. The fourth-order valence-electron chi connectivity index (χ4n) is 1.60. The molecule has 0 saturated carbocycles. The number of nitrogens with one attached hydrogen (secondary N) is 1. The quantitative estimate of drug-likeness (QED) is 0.820. The van der Waals surface area contributed by atoms with Gasteiger partial charge in [0.15, 0.2) is 0 Å². The van der Waals surface area contributed by atoms with E-state index in [-0.39, 0.29) is 0 Å². The molecule has 0 radical (unpaired) electrons. The summed E-state index contributed by atoms with van der Waals surface area (Å²) in [6.07, 6.45) is 1.84. The van der Waals surface area contributed by atoms with E-state index >= 15 is 0 Å². The van der Waals surface area contributed by atoms with Crippen LogP contribution in [0, 0.1) is 20.8 Å². The summed E-state index contributed by atoms with van der Waals surface area (Å²) in [5, 5.41) is 3.37. The summed E-state index contributed by atoms with van der Waals surface area (Å²) in [4.78, 5) is 4.36. The van der Waals surface area contributed by atoms with Gasteiger partial charge in [0, 0.05) is 11.9 Å². The Morgan fingerprint density at radius 2 is 1.69 bits per heavy atom. The lowest BCUT2D eigenvalue weighted by Crippen LogP contribution is -1.99. The molecule has 0 saturated heterocycles. The van der Waals surface area contributed by atoms with Gasteiger partial charge in [-0.25, -0.2) is 4.98 Å². The Morgan fingerprint density at radius 3 is 2.44 bits per heavy atom. The molecule has 0 aliphatic carbocycles. The van der Waals surface area contributed by atoms with Crippen LogP contribution in [0.25, 0.3) is 0 Å². The molecule has 1 heterocycles. The van der Waals surface area contributed by atoms with E-state index < -0.39 is 0 Å². The molecule has 0 amide bonds. The lowest BCUT2D eigenvalue weighted by Gasteiger charge is -2.11. The number of nitrogens with zero attached hydrogens (tertiary/aromatic N) is 1. The van der Waals surface area contributed by atoms with E-state index in [0.29, 0.717) is 0 Å². The van der Waals surface area contributed by atoms with Gasteiger partial charge in [-0.2, -0.15) is 0 Å². The highest BCUT2D eigenvalue weighted by Gasteiger charge is 2.03. The van der Waals surface area contributed by atoms with Gasteiger partial charge in [0.25, 0.3) is 0 Å². The number of rotatable bonds is 2. The predicted octanol–water partition coefficient (Wildman–Crippen LogP) is 3.75. The van der Waals surface area contributed by atoms with Crippen LogP contribution in [-0.4, -0.2) is 4.98 Å².